The van der Waals surface area contributed by atoms with Crippen molar-refractivity contribution >= 4 is 38.9 Å². The summed E-state index contributed by atoms with van der Waals surface area (Å²) in [5.41, 5.74) is 0.775. The Labute approximate surface area is 153 Å². The number of hydrogen-bond acceptors (Lipinski definition) is 4. The van der Waals surface area contributed by atoms with Crippen molar-refractivity contribution in [3.63, 3.8) is 0 Å². The molecule has 3 rings (SSSR count). The van der Waals surface area contributed by atoms with E-state index in [2.05, 4.69) is 32.2 Å². The molecule has 3 aromatic rings. The molecule has 0 aliphatic rings. The Balaban J connectivity index is 1.66. The van der Waals surface area contributed by atoms with Gasteiger partial charge in [0.1, 0.15) is 5.76 Å². The molecule has 0 aliphatic heterocycles. The fraction of sp³-hybridized carbons (Fsp3) is 0.167. The zero-order chi connectivity index (χ0) is 16.8. The average molecular weight is 405 g/mol. The van der Waals surface area contributed by atoms with Crippen LogP contribution < -0.4 is 5.32 Å². The number of nitrogens with one attached hydrogen (secondary N) is 1. The van der Waals surface area contributed by atoms with Crippen LogP contribution >= 0.6 is 27.3 Å². The topological polar surface area (TPSA) is 45.5 Å². The fourth-order valence-corrected chi connectivity index (χ4v) is 3.50. The summed E-state index contributed by atoms with van der Waals surface area (Å²) in [6.45, 7) is 1.59. The smallest absolute Gasteiger partial charge is 0.238 e. The first-order chi connectivity index (χ1) is 11.7. The predicted molar refractivity (Wildman–Crippen MR) is 99.9 cm³/mol. The molecule has 2 aromatic heterocycles. The van der Waals surface area contributed by atoms with Crippen molar-refractivity contribution in [2.75, 3.05) is 11.9 Å². The number of nitrogens with zero attached hydrogens (tertiary/aromatic N) is 1. The SMILES string of the molecule is O=C(CN(Cc1ccco1)Cc1cccs1)Nc1ccccc1Br. The Morgan fingerprint density at radius 3 is 2.71 bits per heavy atom. The lowest BCUT2D eigenvalue weighted by Gasteiger charge is -2.20. The van der Waals surface area contributed by atoms with E-state index in [4.69, 9.17) is 4.42 Å². The van der Waals surface area contributed by atoms with E-state index in [9.17, 15) is 4.79 Å². The summed E-state index contributed by atoms with van der Waals surface area (Å²) in [4.78, 5) is 15.7. The average Bonchev–Trinajstić information content (AvgIpc) is 3.23. The number of para-hydroxylation sites is 1. The molecule has 0 saturated heterocycles. The van der Waals surface area contributed by atoms with E-state index in [1.54, 1.807) is 17.6 Å². The summed E-state index contributed by atoms with van der Waals surface area (Å²) in [5.74, 6) is 0.797. The van der Waals surface area contributed by atoms with Gasteiger partial charge in [-0.2, -0.15) is 0 Å². The molecule has 24 heavy (non-hydrogen) atoms. The Morgan fingerprint density at radius 1 is 1.12 bits per heavy atom. The zero-order valence-corrected chi connectivity index (χ0v) is 15.3. The van der Waals surface area contributed by atoms with E-state index in [1.807, 2.05) is 47.8 Å². The number of rotatable bonds is 7. The number of halogens is 1. The van der Waals surface area contributed by atoms with Gasteiger partial charge in [0.15, 0.2) is 0 Å². The van der Waals surface area contributed by atoms with Gasteiger partial charge in [-0.15, -0.1) is 11.3 Å². The molecule has 0 bridgehead atoms. The van der Waals surface area contributed by atoms with Gasteiger partial charge in [-0.05, 0) is 51.6 Å². The van der Waals surface area contributed by atoms with Crippen LogP contribution in [0.25, 0.3) is 0 Å². The van der Waals surface area contributed by atoms with Gasteiger partial charge in [0.2, 0.25) is 5.91 Å². The molecule has 0 fully saturated rings. The van der Waals surface area contributed by atoms with Crippen LogP contribution in [0.1, 0.15) is 10.6 Å². The molecule has 1 aromatic carbocycles. The maximum Gasteiger partial charge on any atom is 0.238 e. The molecular formula is C18H17BrN2O2S. The highest BCUT2D eigenvalue weighted by Gasteiger charge is 2.15. The van der Waals surface area contributed by atoms with Gasteiger partial charge in [-0.1, -0.05) is 18.2 Å². The Bertz CT molecular complexity index is 736. The summed E-state index contributed by atoms with van der Waals surface area (Å²) in [6.07, 6.45) is 1.65. The van der Waals surface area contributed by atoms with Gasteiger partial charge in [-0.3, -0.25) is 9.69 Å². The molecule has 4 nitrogen and oxygen atoms in total. The van der Waals surface area contributed by atoms with Crippen molar-refractivity contribution in [1.29, 1.82) is 0 Å². The molecule has 0 atom stereocenters. The minimum Gasteiger partial charge on any atom is -0.468 e. The molecule has 0 unspecified atom stereocenters. The number of hydrogen-bond donors (Lipinski definition) is 1. The Hall–Kier alpha value is -1.89. The highest BCUT2D eigenvalue weighted by atomic mass is 79.9. The lowest BCUT2D eigenvalue weighted by molar-refractivity contribution is -0.117. The number of amides is 1. The van der Waals surface area contributed by atoms with Crippen LogP contribution in [0.4, 0.5) is 5.69 Å². The van der Waals surface area contributed by atoms with Crippen molar-refractivity contribution < 1.29 is 9.21 Å². The minimum atomic E-state index is -0.0509. The highest BCUT2D eigenvalue weighted by Crippen LogP contribution is 2.21. The van der Waals surface area contributed by atoms with Gasteiger partial charge in [0.25, 0.3) is 0 Å². The summed E-state index contributed by atoms with van der Waals surface area (Å²) in [6, 6.07) is 15.5. The number of anilines is 1. The van der Waals surface area contributed by atoms with Gasteiger partial charge in [0.05, 0.1) is 25.0 Å². The molecule has 0 aliphatic carbocycles. The summed E-state index contributed by atoms with van der Waals surface area (Å²) >= 11 is 5.13. The van der Waals surface area contributed by atoms with E-state index in [-0.39, 0.29) is 5.91 Å². The largest absolute Gasteiger partial charge is 0.468 e. The van der Waals surface area contributed by atoms with E-state index < -0.39 is 0 Å². The van der Waals surface area contributed by atoms with Crippen molar-refractivity contribution in [3.8, 4) is 0 Å². The number of carbonyl (C=O) groups excluding carboxylic acids is 1. The number of furan rings is 1. The lowest BCUT2D eigenvalue weighted by Crippen LogP contribution is -2.32. The zero-order valence-electron chi connectivity index (χ0n) is 12.9. The van der Waals surface area contributed by atoms with E-state index >= 15 is 0 Å². The molecule has 1 amide bonds. The molecule has 124 valence electrons. The minimum absolute atomic E-state index is 0.0509. The number of carbonyl (C=O) groups is 1. The first-order valence-electron chi connectivity index (χ1n) is 7.52. The highest BCUT2D eigenvalue weighted by molar-refractivity contribution is 9.10. The summed E-state index contributed by atoms with van der Waals surface area (Å²) in [5, 5.41) is 4.99. The predicted octanol–water partition coefficient (Wildman–Crippen LogP) is 4.74. The third kappa shape index (κ3) is 4.80. The Kier molecular flexibility index (Phi) is 5.85. The first-order valence-corrected chi connectivity index (χ1v) is 9.19. The van der Waals surface area contributed by atoms with Gasteiger partial charge in [0, 0.05) is 15.9 Å². The molecule has 0 radical (unpaired) electrons. The second-order valence-corrected chi connectivity index (χ2v) is 7.22. The van der Waals surface area contributed by atoms with Gasteiger partial charge >= 0.3 is 0 Å². The molecule has 0 saturated carbocycles. The summed E-state index contributed by atoms with van der Waals surface area (Å²) < 4.78 is 6.29. The number of thiophene rings is 1. The second kappa shape index (κ2) is 8.28. The van der Waals surface area contributed by atoms with Gasteiger partial charge in [-0.25, -0.2) is 0 Å². The molecular weight excluding hydrogens is 388 g/mol. The van der Waals surface area contributed by atoms with Crippen molar-refractivity contribution in [2.24, 2.45) is 0 Å². The third-order valence-electron chi connectivity index (χ3n) is 3.43. The quantitative estimate of drug-likeness (QED) is 0.618. The van der Waals surface area contributed by atoms with Crippen molar-refractivity contribution in [1.82, 2.24) is 4.90 Å². The fourth-order valence-electron chi connectivity index (χ4n) is 2.37. The monoisotopic (exact) mass is 404 g/mol. The van der Waals surface area contributed by atoms with E-state index in [0.29, 0.717) is 19.6 Å². The van der Waals surface area contributed by atoms with Crippen molar-refractivity contribution in [3.05, 3.63) is 75.3 Å². The maximum atomic E-state index is 12.4. The standard InChI is InChI=1S/C18H17BrN2O2S/c19-16-7-1-2-8-17(16)20-18(22)13-21(11-14-5-3-9-23-14)12-15-6-4-10-24-15/h1-10H,11-13H2,(H,20,22). The van der Waals surface area contributed by atoms with Crippen LogP contribution in [0.15, 0.2) is 69.1 Å². The Morgan fingerprint density at radius 2 is 2.00 bits per heavy atom. The third-order valence-corrected chi connectivity index (χ3v) is 4.99. The van der Waals surface area contributed by atoms with Crippen LogP contribution in [0.3, 0.4) is 0 Å². The molecule has 1 N–H and O–H groups in total. The molecule has 2 heterocycles. The molecule has 0 spiro atoms. The normalized spacial score (nSPS) is 10.9. The number of benzene rings is 1. The van der Waals surface area contributed by atoms with Gasteiger partial charge < -0.3 is 9.73 Å². The van der Waals surface area contributed by atoms with Crippen LogP contribution in [-0.2, 0) is 17.9 Å². The van der Waals surface area contributed by atoms with E-state index in [0.717, 1.165) is 15.9 Å². The van der Waals surface area contributed by atoms with Crippen molar-refractivity contribution in [2.45, 2.75) is 13.1 Å². The summed E-state index contributed by atoms with van der Waals surface area (Å²) in [7, 11) is 0. The lowest BCUT2D eigenvalue weighted by atomic mass is 10.3. The van der Waals surface area contributed by atoms with Crippen LogP contribution in [0.5, 0.6) is 0 Å². The van der Waals surface area contributed by atoms with Crippen LogP contribution in [0, 0.1) is 0 Å². The maximum absolute atomic E-state index is 12.4. The van der Waals surface area contributed by atoms with Crippen LogP contribution in [0.2, 0.25) is 0 Å². The molecule has 6 heteroatoms. The van der Waals surface area contributed by atoms with E-state index in [1.165, 1.54) is 4.88 Å². The van der Waals surface area contributed by atoms with Crippen LogP contribution in [-0.4, -0.2) is 17.4 Å². The second-order valence-electron chi connectivity index (χ2n) is 5.33. The first kappa shape index (κ1) is 17.0.